The van der Waals surface area contributed by atoms with Gasteiger partial charge in [-0.3, -0.25) is 14.4 Å². The molecule has 6 rings (SSSR count). The molecule has 0 saturated carbocycles. The quantitative estimate of drug-likeness (QED) is 0.221. The van der Waals surface area contributed by atoms with Crippen molar-refractivity contribution in [2.24, 2.45) is 5.92 Å². The van der Waals surface area contributed by atoms with Crippen LogP contribution in [0.15, 0.2) is 60.7 Å². The maximum atomic E-state index is 13.8. The van der Waals surface area contributed by atoms with Crippen molar-refractivity contribution in [1.82, 2.24) is 16.0 Å². The molecule has 49 heavy (non-hydrogen) atoms. The van der Waals surface area contributed by atoms with Crippen molar-refractivity contribution in [3.63, 3.8) is 0 Å². The van der Waals surface area contributed by atoms with Gasteiger partial charge in [0.25, 0.3) is 0 Å². The molecular formula is C37H49N3O9. The van der Waals surface area contributed by atoms with Crippen LogP contribution in [0, 0.1) is 5.92 Å². The van der Waals surface area contributed by atoms with Crippen molar-refractivity contribution in [2.75, 3.05) is 26.9 Å². The smallest absolute Gasteiger partial charge is 0.407 e. The summed E-state index contributed by atoms with van der Waals surface area (Å²) in [6.07, 6.45) is 4.64. The van der Waals surface area contributed by atoms with Crippen LogP contribution in [0.2, 0.25) is 0 Å². The second kappa shape index (κ2) is 19.2. The minimum atomic E-state index is -1.01. The Morgan fingerprint density at radius 1 is 0.857 bits per heavy atom. The number of unbranched alkanes of at least 4 members (excludes halogenated alkanes) is 1. The van der Waals surface area contributed by atoms with Crippen molar-refractivity contribution in [3.05, 3.63) is 71.8 Å². The third-order valence-electron chi connectivity index (χ3n) is 7.62. The molecule has 0 aliphatic carbocycles. The van der Waals surface area contributed by atoms with Gasteiger partial charge in [0.2, 0.25) is 11.8 Å². The van der Waals surface area contributed by atoms with Crippen LogP contribution in [0.5, 0.6) is 11.5 Å². The van der Waals surface area contributed by atoms with Gasteiger partial charge in [-0.1, -0.05) is 30.7 Å². The Morgan fingerprint density at radius 2 is 1.43 bits per heavy atom. The Hall–Kier alpha value is -4.87. The van der Waals surface area contributed by atoms with Crippen LogP contribution >= 0.6 is 0 Å². The zero-order valence-corrected chi connectivity index (χ0v) is 29.0. The molecule has 4 bridgehead atoms. The third-order valence-corrected chi connectivity index (χ3v) is 7.62. The topological polar surface area (TPSA) is 158 Å². The Morgan fingerprint density at radius 3 is 1.96 bits per heavy atom. The molecule has 0 saturated heterocycles. The van der Waals surface area contributed by atoms with Crippen LogP contribution in [-0.4, -0.2) is 74.2 Å². The zero-order valence-electron chi connectivity index (χ0n) is 29.0. The normalized spacial score (nSPS) is 19.2. The van der Waals surface area contributed by atoms with Gasteiger partial charge in [0.1, 0.15) is 36.4 Å². The molecule has 2 aromatic carbocycles. The van der Waals surface area contributed by atoms with Gasteiger partial charge < -0.3 is 34.9 Å². The molecule has 2 aromatic rings. The molecule has 0 radical (unpaired) electrons. The average molecular weight is 680 g/mol. The number of alkyl carbamates (subject to hydrolysis) is 1. The summed E-state index contributed by atoms with van der Waals surface area (Å²) in [4.78, 5) is 64.6. The summed E-state index contributed by atoms with van der Waals surface area (Å²) in [5, 5.41) is 8.25. The third kappa shape index (κ3) is 14.4. The van der Waals surface area contributed by atoms with Gasteiger partial charge in [-0.05, 0) is 87.6 Å². The predicted molar refractivity (Wildman–Crippen MR) is 183 cm³/mol. The highest BCUT2D eigenvalue weighted by atomic mass is 16.6. The number of ether oxygens (including phenoxy) is 4. The van der Waals surface area contributed by atoms with E-state index in [0.717, 1.165) is 11.1 Å². The average Bonchev–Trinajstić information content (AvgIpc) is 3.04. The highest BCUT2D eigenvalue weighted by Gasteiger charge is 2.30. The first-order valence-corrected chi connectivity index (χ1v) is 16.6. The van der Waals surface area contributed by atoms with Crippen LogP contribution < -0.4 is 25.4 Å². The summed E-state index contributed by atoms with van der Waals surface area (Å²) in [5.41, 5.74) is 0.929. The van der Waals surface area contributed by atoms with Gasteiger partial charge in [0, 0.05) is 32.2 Å². The van der Waals surface area contributed by atoms with Crippen molar-refractivity contribution < 1.29 is 42.9 Å². The van der Waals surface area contributed by atoms with E-state index in [-0.39, 0.29) is 31.0 Å². The number of carbonyl (C=O) groups excluding carboxylic acids is 5. The minimum absolute atomic E-state index is 0.154. The molecule has 4 aliphatic heterocycles. The Kier molecular flexibility index (Phi) is 15.1. The summed E-state index contributed by atoms with van der Waals surface area (Å²) in [6, 6.07) is 12.5. The lowest BCUT2D eigenvalue weighted by molar-refractivity contribution is -0.145. The molecule has 4 aliphatic rings. The summed E-state index contributed by atoms with van der Waals surface area (Å²) in [6.45, 7) is 7.63. The molecular weight excluding hydrogens is 630 g/mol. The van der Waals surface area contributed by atoms with E-state index in [4.69, 9.17) is 18.9 Å². The number of rotatable bonds is 7. The highest BCUT2D eigenvalue weighted by Crippen LogP contribution is 2.20. The molecule has 12 heteroatoms. The van der Waals surface area contributed by atoms with Gasteiger partial charge >= 0.3 is 12.1 Å². The first-order chi connectivity index (χ1) is 23.3. The van der Waals surface area contributed by atoms with Crippen LogP contribution in [0.3, 0.4) is 0 Å². The fourth-order valence-electron chi connectivity index (χ4n) is 5.19. The van der Waals surface area contributed by atoms with E-state index in [1.54, 1.807) is 57.2 Å². The van der Waals surface area contributed by atoms with Gasteiger partial charge in [-0.25, -0.2) is 9.59 Å². The van der Waals surface area contributed by atoms with E-state index in [2.05, 4.69) is 16.0 Å². The van der Waals surface area contributed by atoms with Gasteiger partial charge in [-0.15, -0.1) is 0 Å². The summed E-state index contributed by atoms with van der Waals surface area (Å²) in [7, 11) is 1.25. The fourth-order valence-corrected chi connectivity index (χ4v) is 5.19. The molecule has 266 valence electrons. The number of hydrogen-bond donors (Lipinski definition) is 3. The monoisotopic (exact) mass is 679 g/mol. The second-order valence-corrected chi connectivity index (χ2v) is 12.9. The van der Waals surface area contributed by atoms with Crippen molar-refractivity contribution in [1.29, 1.82) is 0 Å². The molecule has 12 nitrogen and oxygen atoms in total. The predicted octanol–water partition coefficient (Wildman–Crippen LogP) is 4.23. The summed E-state index contributed by atoms with van der Waals surface area (Å²) >= 11 is 0. The number of benzene rings is 2. The number of carbonyl (C=O) groups is 5. The Bertz CT molecular complexity index is 1430. The Balaban J connectivity index is 1.85. The number of esters is 1. The molecule has 3 atom stereocenters. The first-order valence-electron chi connectivity index (χ1n) is 16.6. The van der Waals surface area contributed by atoms with Gasteiger partial charge in [-0.2, -0.15) is 0 Å². The molecule has 4 heterocycles. The standard InChI is InChI=1S/C37H49N3O9/c1-25(41)39-31-22-26-11-15-29(16-12-26)47-20-8-9-21-48-30-17-13-27(14-18-30)23-32(35(44)46-5)40-34(43)28(24-33(31)42)10-6-7-19-38-36(45)49-37(2,3)4/h8-9,11-18,28,31-32H,6-7,10,19-24H2,1-5H3,(H,38,45)(H,39,41)(H,40,43)/t28-,31-,32-/m0/s1. The second-order valence-electron chi connectivity index (χ2n) is 12.9. The lowest BCUT2D eigenvalue weighted by Crippen LogP contribution is -2.47. The molecule has 3 N–H and O–H groups in total. The molecule has 0 spiro atoms. The fraction of sp³-hybridized carbons (Fsp3) is 0.486. The maximum absolute atomic E-state index is 13.8. The molecule has 3 amide bonds. The van der Waals surface area contributed by atoms with Crippen molar-refractivity contribution in [3.8, 4) is 11.5 Å². The SMILES string of the molecule is COC(=O)[C@@H]1Cc2ccc(cc2)OCC=CCOc2ccc(cc2)C[C@H](NC(C)=O)C(=O)C[C@H](CCCCNC(=O)OC(C)(C)C)C(=O)N1. The number of methoxy groups -OCH3 is 1. The van der Waals surface area contributed by atoms with E-state index in [1.807, 2.05) is 24.3 Å². The van der Waals surface area contributed by atoms with Crippen molar-refractivity contribution in [2.45, 2.75) is 83.9 Å². The molecule has 0 fully saturated rings. The van der Waals surface area contributed by atoms with E-state index >= 15 is 0 Å². The number of amides is 3. The van der Waals surface area contributed by atoms with E-state index < -0.39 is 41.6 Å². The van der Waals surface area contributed by atoms with Crippen LogP contribution in [0.25, 0.3) is 0 Å². The summed E-state index contributed by atoms with van der Waals surface area (Å²) < 4.78 is 21.8. The maximum Gasteiger partial charge on any atom is 0.407 e. The van der Waals surface area contributed by atoms with Gasteiger partial charge in [0.05, 0.1) is 13.2 Å². The minimum Gasteiger partial charge on any atom is -0.490 e. The van der Waals surface area contributed by atoms with E-state index in [9.17, 15) is 24.0 Å². The number of hydrogen-bond acceptors (Lipinski definition) is 9. The van der Waals surface area contributed by atoms with Gasteiger partial charge in [0.15, 0.2) is 5.78 Å². The number of ketones is 1. The van der Waals surface area contributed by atoms with E-state index in [0.29, 0.717) is 50.5 Å². The first kappa shape index (κ1) is 38.6. The van der Waals surface area contributed by atoms with Crippen molar-refractivity contribution >= 4 is 29.7 Å². The lowest BCUT2D eigenvalue weighted by Gasteiger charge is -2.24. The number of Topliss-reactive ketones (excluding diaryl/α,β-unsaturated/α-hetero) is 1. The van der Waals surface area contributed by atoms with E-state index in [1.165, 1.54) is 14.0 Å². The largest absolute Gasteiger partial charge is 0.490 e. The summed E-state index contributed by atoms with van der Waals surface area (Å²) in [5.74, 6) is -1.36. The highest BCUT2D eigenvalue weighted by molar-refractivity contribution is 5.93. The molecule has 0 aromatic heterocycles. The van der Waals surface area contributed by atoms with Crippen LogP contribution in [0.1, 0.15) is 64.5 Å². The molecule has 0 unspecified atom stereocenters. The zero-order chi connectivity index (χ0) is 35.8. The van der Waals surface area contributed by atoms with Crippen LogP contribution in [0.4, 0.5) is 4.79 Å². The number of nitrogens with one attached hydrogen (secondary N) is 3. The Labute approximate surface area is 288 Å². The van der Waals surface area contributed by atoms with Crippen LogP contribution in [-0.2, 0) is 41.5 Å². The lowest BCUT2D eigenvalue weighted by atomic mass is 9.90.